The molecule has 0 N–H and O–H groups in total. The van der Waals surface area contributed by atoms with Crippen molar-refractivity contribution in [1.82, 2.24) is 0 Å². The Balaban J connectivity index is 2.07. The van der Waals surface area contributed by atoms with Gasteiger partial charge in [0.1, 0.15) is 11.6 Å². The predicted molar refractivity (Wildman–Crippen MR) is 80.6 cm³/mol. The van der Waals surface area contributed by atoms with Crippen molar-refractivity contribution in [3.05, 3.63) is 70.1 Å². The Morgan fingerprint density at radius 2 is 1.80 bits per heavy atom. The Hall–Kier alpha value is -1.45. The molecule has 0 saturated heterocycles. The molecule has 3 rings (SSSR count). The fourth-order valence-corrected chi connectivity index (χ4v) is 3.58. The molecule has 0 spiro atoms. The zero-order valence-electron chi connectivity index (χ0n) is 10.7. The molecular weight excluding hydrogens is 298 g/mol. The number of hydrogen-bond acceptors (Lipinski definition) is 1. The maximum absolute atomic E-state index is 13.9. The van der Waals surface area contributed by atoms with Crippen LogP contribution in [0, 0.1) is 18.6 Å². The number of fused-ring (bicyclic) bond motifs is 1. The van der Waals surface area contributed by atoms with Crippen LogP contribution in [-0.4, -0.2) is 0 Å². The molecule has 1 unspecified atom stereocenters. The molecule has 0 amide bonds. The van der Waals surface area contributed by atoms with Crippen LogP contribution in [0.15, 0.2) is 42.5 Å². The van der Waals surface area contributed by atoms with Gasteiger partial charge >= 0.3 is 0 Å². The summed E-state index contributed by atoms with van der Waals surface area (Å²) in [7, 11) is 0. The summed E-state index contributed by atoms with van der Waals surface area (Å²) in [5.41, 5.74) is 0.713. The largest absolute Gasteiger partial charge is 0.207 e. The van der Waals surface area contributed by atoms with E-state index >= 15 is 0 Å². The summed E-state index contributed by atoms with van der Waals surface area (Å²) < 4.78 is 28.3. The number of aryl methyl sites for hydroxylation is 1. The van der Waals surface area contributed by atoms with Crippen LogP contribution >= 0.6 is 22.9 Å². The highest BCUT2D eigenvalue weighted by atomic mass is 35.5. The van der Waals surface area contributed by atoms with Crippen LogP contribution in [0.4, 0.5) is 8.78 Å². The van der Waals surface area contributed by atoms with Crippen LogP contribution in [0.3, 0.4) is 0 Å². The number of rotatable bonds is 2. The molecule has 0 bridgehead atoms. The third-order valence-corrected chi connectivity index (χ3v) is 5.03. The molecule has 1 aromatic heterocycles. The van der Waals surface area contributed by atoms with E-state index in [-0.39, 0.29) is 0 Å². The van der Waals surface area contributed by atoms with E-state index in [2.05, 4.69) is 0 Å². The molecule has 1 atom stereocenters. The van der Waals surface area contributed by atoms with Crippen molar-refractivity contribution in [2.75, 3.05) is 0 Å². The molecule has 0 saturated carbocycles. The molecule has 0 nitrogen and oxygen atoms in total. The predicted octanol–water partition coefficient (Wildman–Crippen LogP) is 5.82. The Morgan fingerprint density at radius 3 is 2.55 bits per heavy atom. The summed E-state index contributed by atoms with van der Waals surface area (Å²) in [5.74, 6) is -1.16. The summed E-state index contributed by atoms with van der Waals surface area (Å²) in [6.45, 7) is 1.60. The van der Waals surface area contributed by atoms with Gasteiger partial charge in [0.15, 0.2) is 0 Å². The molecule has 0 radical (unpaired) electrons. The maximum Gasteiger partial charge on any atom is 0.131 e. The van der Waals surface area contributed by atoms with E-state index in [4.69, 9.17) is 11.6 Å². The van der Waals surface area contributed by atoms with Crippen molar-refractivity contribution in [1.29, 1.82) is 0 Å². The van der Waals surface area contributed by atoms with Gasteiger partial charge in [-0.25, -0.2) is 8.78 Å². The summed E-state index contributed by atoms with van der Waals surface area (Å²) in [4.78, 5) is 0.859. The monoisotopic (exact) mass is 308 g/mol. The van der Waals surface area contributed by atoms with E-state index in [0.717, 1.165) is 21.0 Å². The molecular formula is C16H11ClF2S. The first-order valence-electron chi connectivity index (χ1n) is 6.14. The third-order valence-electron chi connectivity index (χ3n) is 3.25. The molecule has 0 aliphatic carbocycles. The normalized spacial score (nSPS) is 12.8. The summed E-state index contributed by atoms with van der Waals surface area (Å²) in [5, 5.41) is 0.476. The molecule has 2 aromatic carbocycles. The summed E-state index contributed by atoms with van der Waals surface area (Å²) in [6, 6.07) is 12.2. The molecule has 3 aromatic rings. The molecule has 1 heterocycles. The lowest BCUT2D eigenvalue weighted by Gasteiger charge is -2.10. The van der Waals surface area contributed by atoms with Crippen LogP contribution in [0.5, 0.6) is 0 Å². The van der Waals surface area contributed by atoms with E-state index in [1.54, 1.807) is 6.92 Å². The second kappa shape index (κ2) is 5.15. The Labute approximate surface area is 124 Å². The number of hydrogen-bond donors (Lipinski definition) is 0. The van der Waals surface area contributed by atoms with Crippen LogP contribution < -0.4 is 0 Å². The first-order valence-corrected chi connectivity index (χ1v) is 7.39. The van der Waals surface area contributed by atoms with Gasteiger partial charge in [-0.15, -0.1) is 22.9 Å². The van der Waals surface area contributed by atoms with Crippen LogP contribution in [-0.2, 0) is 0 Å². The zero-order valence-corrected chi connectivity index (χ0v) is 12.2. The lowest BCUT2D eigenvalue weighted by molar-refractivity contribution is 0.568. The van der Waals surface area contributed by atoms with Crippen molar-refractivity contribution in [2.45, 2.75) is 12.3 Å². The Bertz CT molecular complexity index is 746. The fraction of sp³-hybridized carbons (Fsp3) is 0.125. The van der Waals surface area contributed by atoms with Crippen molar-refractivity contribution in [2.24, 2.45) is 0 Å². The van der Waals surface area contributed by atoms with Gasteiger partial charge in [-0.3, -0.25) is 0 Å². The van der Waals surface area contributed by atoms with E-state index in [1.807, 2.05) is 30.3 Å². The zero-order chi connectivity index (χ0) is 14.3. The minimum atomic E-state index is -0.606. The second-order valence-corrected chi connectivity index (χ2v) is 6.22. The highest BCUT2D eigenvalue weighted by molar-refractivity contribution is 7.19. The van der Waals surface area contributed by atoms with E-state index in [0.29, 0.717) is 11.1 Å². The van der Waals surface area contributed by atoms with Crippen molar-refractivity contribution in [3.8, 4) is 0 Å². The lowest BCUT2D eigenvalue weighted by Crippen LogP contribution is -1.98. The highest BCUT2D eigenvalue weighted by Gasteiger charge is 2.19. The smallest absolute Gasteiger partial charge is 0.131 e. The van der Waals surface area contributed by atoms with Crippen molar-refractivity contribution < 1.29 is 8.78 Å². The number of alkyl halides is 1. The fourth-order valence-electron chi connectivity index (χ4n) is 2.15. The first kappa shape index (κ1) is 13.5. The topological polar surface area (TPSA) is 0 Å². The lowest BCUT2D eigenvalue weighted by atomic mass is 10.1. The van der Waals surface area contributed by atoms with Gasteiger partial charge in [-0.1, -0.05) is 18.2 Å². The number of thiophene rings is 1. The van der Waals surface area contributed by atoms with Crippen molar-refractivity contribution in [3.63, 3.8) is 0 Å². The molecule has 102 valence electrons. The van der Waals surface area contributed by atoms with Gasteiger partial charge in [0.05, 0.1) is 5.38 Å². The van der Waals surface area contributed by atoms with Gasteiger partial charge in [-0.2, -0.15) is 0 Å². The first-order chi connectivity index (χ1) is 9.56. The van der Waals surface area contributed by atoms with E-state index < -0.39 is 17.0 Å². The Morgan fingerprint density at radius 1 is 1.05 bits per heavy atom. The molecule has 20 heavy (non-hydrogen) atoms. The van der Waals surface area contributed by atoms with Crippen LogP contribution in [0.1, 0.15) is 21.4 Å². The van der Waals surface area contributed by atoms with Gasteiger partial charge in [0.25, 0.3) is 0 Å². The third kappa shape index (κ3) is 2.32. The molecule has 0 aliphatic rings. The summed E-state index contributed by atoms with van der Waals surface area (Å²) in [6.07, 6.45) is 0. The minimum Gasteiger partial charge on any atom is -0.207 e. The van der Waals surface area contributed by atoms with Gasteiger partial charge in [0.2, 0.25) is 0 Å². The minimum absolute atomic E-state index is 0.317. The van der Waals surface area contributed by atoms with Crippen LogP contribution in [0.25, 0.3) is 10.1 Å². The highest BCUT2D eigenvalue weighted by Crippen LogP contribution is 2.38. The van der Waals surface area contributed by atoms with Crippen LogP contribution in [0.2, 0.25) is 0 Å². The standard InChI is InChI=1S/C16H11ClF2S/c1-9-6-11(13(19)8-12(9)18)16(17)15-7-10-4-2-3-5-14(10)20-15/h2-8,16H,1H3. The number of benzene rings is 2. The van der Waals surface area contributed by atoms with Gasteiger partial charge < -0.3 is 0 Å². The van der Waals surface area contributed by atoms with E-state index in [1.165, 1.54) is 17.4 Å². The molecule has 0 fully saturated rings. The quantitative estimate of drug-likeness (QED) is 0.524. The average molecular weight is 309 g/mol. The van der Waals surface area contributed by atoms with E-state index in [9.17, 15) is 8.78 Å². The number of halogens is 3. The molecule has 4 heteroatoms. The van der Waals surface area contributed by atoms with Gasteiger partial charge in [-0.05, 0) is 36.1 Å². The maximum atomic E-state index is 13.9. The van der Waals surface area contributed by atoms with Gasteiger partial charge in [0, 0.05) is 21.2 Å². The summed E-state index contributed by atoms with van der Waals surface area (Å²) >= 11 is 7.91. The average Bonchev–Trinajstić information content (AvgIpc) is 2.86. The van der Waals surface area contributed by atoms with Crippen molar-refractivity contribution >= 4 is 33.0 Å². The Kier molecular flexibility index (Phi) is 3.48. The molecule has 0 aliphatic heterocycles. The SMILES string of the molecule is Cc1cc(C(Cl)c2cc3ccccc3s2)c(F)cc1F. The second-order valence-electron chi connectivity index (χ2n) is 4.67.